The van der Waals surface area contributed by atoms with Crippen LogP contribution in [0.2, 0.25) is 0 Å². The Balaban J connectivity index is 1.39. The molecule has 2 aliphatic rings. The number of benzene rings is 2. The summed E-state index contributed by atoms with van der Waals surface area (Å²) in [7, 11) is 0. The van der Waals surface area contributed by atoms with E-state index in [9.17, 15) is 9.59 Å². The SMILES string of the molecule is O=C(NCC1CC(=O)N(c2ccc3c(c2)OCO3)C1)c1ccccc1Br. The molecule has 1 unspecified atom stereocenters. The zero-order chi connectivity index (χ0) is 18.1. The summed E-state index contributed by atoms with van der Waals surface area (Å²) in [6.07, 6.45) is 0.407. The molecule has 2 aliphatic heterocycles. The Kier molecular flexibility index (Phi) is 4.55. The molecule has 2 aromatic carbocycles. The van der Waals surface area contributed by atoms with Gasteiger partial charge in [-0.15, -0.1) is 0 Å². The highest BCUT2D eigenvalue weighted by atomic mass is 79.9. The molecule has 2 heterocycles. The zero-order valence-corrected chi connectivity index (χ0v) is 15.5. The molecule has 0 saturated carbocycles. The van der Waals surface area contributed by atoms with E-state index in [1.165, 1.54) is 0 Å². The Morgan fingerprint density at radius 3 is 2.85 bits per heavy atom. The first-order chi connectivity index (χ1) is 12.6. The highest BCUT2D eigenvalue weighted by Crippen LogP contribution is 2.37. The van der Waals surface area contributed by atoms with Crippen LogP contribution in [0.5, 0.6) is 11.5 Å². The van der Waals surface area contributed by atoms with E-state index in [-0.39, 0.29) is 24.5 Å². The van der Waals surface area contributed by atoms with E-state index in [2.05, 4.69) is 21.2 Å². The summed E-state index contributed by atoms with van der Waals surface area (Å²) in [6.45, 7) is 1.22. The number of nitrogens with zero attached hydrogens (tertiary/aromatic N) is 1. The van der Waals surface area contributed by atoms with Crippen LogP contribution in [0.3, 0.4) is 0 Å². The summed E-state index contributed by atoms with van der Waals surface area (Å²) < 4.78 is 11.4. The smallest absolute Gasteiger partial charge is 0.252 e. The zero-order valence-electron chi connectivity index (χ0n) is 13.9. The number of carbonyl (C=O) groups excluding carboxylic acids is 2. The molecule has 0 spiro atoms. The minimum atomic E-state index is -0.147. The van der Waals surface area contributed by atoms with Gasteiger partial charge in [-0.2, -0.15) is 0 Å². The molecular formula is C19H17BrN2O4. The van der Waals surface area contributed by atoms with Crippen LogP contribution in [0.1, 0.15) is 16.8 Å². The van der Waals surface area contributed by atoms with Gasteiger partial charge in [0.1, 0.15) is 0 Å². The van der Waals surface area contributed by atoms with Crippen molar-refractivity contribution in [3.8, 4) is 11.5 Å². The van der Waals surface area contributed by atoms with Gasteiger partial charge in [0, 0.05) is 41.7 Å². The van der Waals surface area contributed by atoms with Crippen LogP contribution < -0.4 is 19.7 Å². The monoisotopic (exact) mass is 416 g/mol. The van der Waals surface area contributed by atoms with E-state index in [0.717, 1.165) is 10.2 Å². The topological polar surface area (TPSA) is 67.9 Å². The van der Waals surface area contributed by atoms with Crippen LogP contribution in [0.4, 0.5) is 5.69 Å². The van der Waals surface area contributed by atoms with Gasteiger partial charge in [-0.25, -0.2) is 0 Å². The van der Waals surface area contributed by atoms with Crippen molar-refractivity contribution < 1.29 is 19.1 Å². The highest BCUT2D eigenvalue weighted by molar-refractivity contribution is 9.10. The van der Waals surface area contributed by atoms with Crippen molar-refractivity contribution in [1.82, 2.24) is 5.32 Å². The lowest BCUT2D eigenvalue weighted by atomic mass is 10.1. The number of amides is 2. The lowest BCUT2D eigenvalue weighted by molar-refractivity contribution is -0.117. The van der Waals surface area contributed by atoms with Crippen LogP contribution in [0, 0.1) is 5.92 Å². The van der Waals surface area contributed by atoms with Crippen LogP contribution >= 0.6 is 15.9 Å². The molecular weight excluding hydrogens is 400 g/mol. The van der Waals surface area contributed by atoms with Crippen LogP contribution in [-0.4, -0.2) is 31.7 Å². The average Bonchev–Trinajstić information content (AvgIpc) is 3.25. The number of ether oxygens (including phenoxy) is 2. The van der Waals surface area contributed by atoms with Crippen molar-refractivity contribution in [3.63, 3.8) is 0 Å². The molecule has 1 atom stereocenters. The summed E-state index contributed by atoms with van der Waals surface area (Å²) in [5.74, 6) is 1.31. The maximum atomic E-state index is 12.4. The fourth-order valence-electron chi connectivity index (χ4n) is 3.20. The predicted molar refractivity (Wildman–Crippen MR) is 99.5 cm³/mol. The van der Waals surface area contributed by atoms with E-state index in [4.69, 9.17) is 9.47 Å². The van der Waals surface area contributed by atoms with Crippen LogP contribution in [0.25, 0.3) is 0 Å². The Bertz CT molecular complexity index is 870. The molecule has 0 bridgehead atoms. The van der Waals surface area contributed by atoms with Gasteiger partial charge in [0.15, 0.2) is 11.5 Å². The number of fused-ring (bicyclic) bond motifs is 1. The van der Waals surface area contributed by atoms with E-state index in [1.54, 1.807) is 11.0 Å². The quantitative estimate of drug-likeness (QED) is 0.831. The van der Waals surface area contributed by atoms with Gasteiger partial charge >= 0.3 is 0 Å². The summed E-state index contributed by atoms with van der Waals surface area (Å²) in [4.78, 5) is 26.4. The van der Waals surface area contributed by atoms with Gasteiger partial charge in [-0.05, 0) is 40.2 Å². The first kappa shape index (κ1) is 16.9. The normalized spacial score (nSPS) is 18.3. The standard InChI is InChI=1S/C19H17BrN2O4/c20-15-4-2-1-3-14(15)19(24)21-9-12-7-18(23)22(10-12)13-5-6-16-17(8-13)26-11-25-16/h1-6,8,12H,7,9-11H2,(H,21,24). The maximum absolute atomic E-state index is 12.4. The van der Waals surface area contributed by atoms with Gasteiger partial charge < -0.3 is 19.7 Å². The van der Waals surface area contributed by atoms with Crippen LogP contribution in [0.15, 0.2) is 46.9 Å². The van der Waals surface area contributed by atoms with Gasteiger partial charge in [0.25, 0.3) is 5.91 Å². The number of nitrogens with one attached hydrogen (secondary N) is 1. The molecule has 26 heavy (non-hydrogen) atoms. The highest BCUT2D eigenvalue weighted by Gasteiger charge is 2.31. The van der Waals surface area contributed by atoms with Gasteiger partial charge in [0.05, 0.1) is 5.56 Å². The Hall–Kier alpha value is -2.54. The Labute approximate surface area is 159 Å². The molecule has 1 saturated heterocycles. The summed E-state index contributed by atoms with van der Waals surface area (Å²) in [6, 6.07) is 12.8. The number of halogens is 1. The molecule has 2 amide bonds. The molecule has 1 fully saturated rings. The molecule has 6 nitrogen and oxygen atoms in total. The van der Waals surface area contributed by atoms with E-state index in [0.29, 0.717) is 36.6 Å². The van der Waals surface area contributed by atoms with Crippen molar-refractivity contribution in [2.45, 2.75) is 6.42 Å². The largest absolute Gasteiger partial charge is 0.454 e. The first-order valence-electron chi connectivity index (χ1n) is 8.34. The Morgan fingerprint density at radius 1 is 1.19 bits per heavy atom. The molecule has 1 N–H and O–H groups in total. The third-order valence-electron chi connectivity index (χ3n) is 4.54. The molecule has 2 aromatic rings. The van der Waals surface area contributed by atoms with Crippen molar-refractivity contribution in [2.75, 3.05) is 24.8 Å². The fraction of sp³-hybridized carbons (Fsp3) is 0.263. The minimum absolute atomic E-state index is 0.0454. The number of hydrogen-bond acceptors (Lipinski definition) is 4. The molecule has 134 valence electrons. The number of hydrogen-bond donors (Lipinski definition) is 1. The second kappa shape index (κ2) is 6.99. The van der Waals surface area contributed by atoms with Crippen molar-refractivity contribution in [3.05, 3.63) is 52.5 Å². The number of anilines is 1. The second-order valence-electron chi connectivity index (χ2n) is 6.30. The van der Waals surface area contributed by atoms with Gasteiger partial charge in [-0.3, -0.25) is 9.59 Å². The summed E-state index contributed by atoms with van der Waals surface area (Å²) in [5, 5.41) is 2.92. The Morgan fingerprint density at radius 2 is 2.00 bits per heavy atom. The molecule has 4 rings (SSSR count). The third kappa shape index (κ3) is 3.26. The molecule has 7 heteroatoms. The van der Waals surface area contributed by atoms with Gasteiger partial charge in [-0.1, -0.05) is 12.1 Å². The molecule has 0 radical (unpaired) electrons. The number of rotatable bonds is 4. The van der Waals surface area contributed by atoms with Crippen LogP contribution in [-0.2, 0) is 4.79 Å². The summed E-state index contributed by atoms with van der Waals surface area (Å²) >= 11 is 3.38. The van der Waals surface area contributed by atoms with E-state index < -0.39 is 0 Å². The summed E-state index contributed by atoms with van der Waals surface area (Å²) in [5.41, 5.74) is 1.38. The van der Waals surface area contributed by atoms with E-state index >= 15 is 0 Å². The first-order valence-corrected chi connectivity index (χ1v) is 9.14. The fourth-order valence-corrected chi connectivity index (χ4v) is 3.66. The minimum Gasteiger partial charge on any atom is -0.454 e. The number of carbonyl (C=O) groups is 2. The second-order valence-corrected chi connectivity index (χ2v) is 7.16. The predicted octanol–water partition coefficient (Wildman–Crippen LogP) is 2.96. The van der Waals surface area contributed by atoms with Crippen molar-refractivity contribution in [2.24, 2.45) is 5.92 Å². The average molecular weight is 417 g/mol. The van der Waals surface area contributed by atoms with Crippen molar-refractivity contribution in [1.29, 1.82) is 0 Å². The third-order valence-corrected chi connectivity index (χ3v) is 5.23. The molecule has 0 aromatic heterocycles. The van der Waals surface area contributed by atoms with E-state index in [1.807, 2.05) is 36.4 Å². The lowest BCUT2D eigenvalue weighted by Crippen LogP contribution is -2.31. The molecule has 0 aliphatic carbocycles. The van der Waals surface area contributed by atoms with Gasteiger partial charge in [0.2, 0.25) is 12.7 Å². The lowest BCUT2D eigenvalue weighted by Gasteiger charge is -2.17. The maximum Gasteiger partial charge on any atom is 0.252 e. The van der Waals surface area contributed by atoms with Crippen molar-refractivity contribution >= 4 is 33.4 Å².